The average molecular weight is 380 g/mol. The molecule has 148 valence electrons. The first-order chi connectivity index (χ1) is 13.7. The van der Waals surface area contributed by atoms with Gasteiger partial charge in [0.25, 0.3) is 0 Å². The van der Waals surface area contributed by atoms with Crippen LogP contribution in [0.4, 0.5) is 5.69 Å². The molecule has 0 saturated carbocycles. The number of para-hydroxylation sites is 2. The van der Waals surface area contributed by atoms with Gasteiger partial charge in [0.2, 0.25) is 11.8 Å². The lowest BCUT2D eigenvalue weighted by Crippen LogP contribution is -2.37. The van der Waals surface area contributed by atoms with Crippen LogP contribution in [0.3, 0.4) is 0 Å². The molecule has 2 amide bonds. The smallest absolute Gasteiger partial charge is 0.233 e. The second-order valence-electron chi connectivity index (χ2n) is 7.06. The minimum Gasteiger partial charge on any atom is -0.492 e. The van der Waals surface area contributed by atoms with Crippen LogP contribution < -0.4 is 10.1 Å². The van der Waals surface area contributed by atoms with Gasteiger partial charge in [0.05, 0.1) is 12.3 Å². The van der Waals surface area contributed by atoms with Crippen LogP contribution in [0, 0.1) is 0 Å². The molecule has 0 aliphatic carbocycles. The summed E-state index contributed by atoms with van der Waals surface area (Å²) >= 11 is 0. The number of likely N-dealkylation sites (tertiary alicyclic amines) is 1. The van der Waals surface area contributed by atoms with E-state index in [2.05, 4.69) is 17.4 Å². The Hall–Kier alpha value is -2.82. The van der Waals surface area contributed by atoms with Crippen molar-refractivity contribution in [3.8, 4) is 5.75 Å². The molecular formula is C23H28N2O3. The highest BCUT2D eigenvalue weighted by Gasteiger charge is 2.29. The van der Waals surface area contributed by atoms with E-state index >= 15 is 0 Å². The molecule has 2 aromatic carbocycles. The van der Waals surface area contributed by atoms with Crippen LogP contribution in [0.2, 0.25) is 0 Å². The first kappa shape index (κ1) is 19.9. The highest BCUT2D eigenvalue weighted by Crippen LogP contribution is 2.25. The van der Waals surface area contributed by atoms with Gasteiger partial charge < -0.3 is 15.0 Å². The van der Waals surface area contributed by atoms with Gasteiger partial charge >= 0.3 is 0 Å². The predicted molar refractivity (Wildman–Crippen MR) is 110 cm³/mol. The predicted octanol–water partition coefficient (Wildman–Crippen LogP) is 4.04. The number of aryl methyl sites for hydroxylation is 1. The van der Waals surface area contributed by atoms with Crippen molar-refractivity contribution in [1.82, 2.24) is 4.90 Å². The topological polar surface area (TPSA) is 58.6 Å². The van der Waals surface area contributed by atoms with Gasteiger partial charge in [0.15, 0.2) is 0 Å². The Labute approximate surface area is 166 Å². The van der Waals surface area contributed by atoms with Crippen molar-refractivity contribution in [1.29, 1.82) is 0 Å². The van der Waals surface area contributed by atoms with E-state index in [0.717, 1.165) is 32.2 Å². The van der Waals surface area contributed by atoms with E-state index in [-0.39, 0.29) is 24.3 Å². The Morgan fingerprint density at radius 1 is 1.11 bits per heavy atom. The zero-order valence-corrected chi connectivity index (χ0v) is 16.4. The van der Waals surface area contributed by atoms with Crippen molar-refractivity contribution >= 4 is 17.5 Å². The van der Waals surface area contributed by atoms with E-state index in [1.807, 2.05) is 42.2 Å². The van der Waals surface area contributed by atoms with Crippen molar-refractivity contribution in [3.05, 3.63) is 60.2 Å². The number of ether oxygens (including phenoxy) is 1. The highest BCUT2D eigenvalue weighted by molar-refractivity contribution is 6.04. The zero-order valence-electron chi connectivity index (χ0n) is 16.4. The van der Waals surface area contributed by atoms with Crippen LogP contribution >= 0.6 is 0 Å². The van der Waals surface area contributed by atoms with Gasteiger partial charge in [-0.15, -0.1) is 0 Å². The monoisotopic (exact) mass is 380 g/mol. The van der Waals surface area contributed by atoms with E-state index in [9.17, 15) is 9.59 Å². The van der Waals surface area contributed by atoms with Crippen molar-refractivity contribution in [3.63, 3.8) is 0 Å². The molecule has 28 heavy (non-hydrogen) atoms. The third-order valence-electron chi connectivity index (χ3n) is 5.08. The molecule has 1 heterocycles. The molecule has 0 radical (unpaired) electrons. The first-order valence-electron chi connectivity index (χ1n) is 10.0. The van der Waals surface area contributed by atoms with Gasteiger partial charge in [-0.3, -0.25) is 9.59 Å². The van der Waals surface area contributed by atoms with Gasteiger partial charge in [0, 0.05) is 12.6 Å². The fourth-order valence-corrected chi connectivity index (χ4v) is 3.73. The molecule has 5 heteroatoms. The Balaban J connectivity index is 1.53. The van der Waals surface area contributed by atoms with E-state index in [0.29, 0.717) is 18.0 Å². The van der Waals surface area contributed by atoms with E-state index < -0.39 is 0 Å². The summed E-state index contributed by atoms with van der Waals surface area (Å²) < 4.78 is 5.52. The van der Waals surface area contributed by atoms with Crippen LogP contribution in [-0.2, 0) is 16.0 Å². The lowest BCUT2D eigenvalue weighted by atomic mass is 10.0. The van der Waals surface area contributed by atoms with Gasteiger partial charge in [-0.25, -0.2) is 0 Å². The largest absolute Gasteiger partial charge is 0.492 e. The van der Waals surface area contributed by atoms with Gasteiger partial charge in [-0.05, 0) is 50.3 Å². The summed E-state index contributed by atoms with van der Waals surface area (Å²) in [4.78, 5) is 27.0. The van der Waals surface area contributed by atoms with Crippen molar-refractivity contribution in [2.45, 2.75) is 45.1 Å². The van der Waals surface area contributed by atoms with Crippen molar-refractivity contribution in [2.24, 2.45) is 0 Å². The van der Waals surface area contributed by atoms with E-state index in [4.69, 9.17) is 4.74 Å². The normalized spacial score (nSPS) is 16.0. The molecule has 5 nitrogen and oxygen atoms in total. The fourth-order valence-electron chi connectivity index (χ4n) is 3.73. The molecule has 3 rings (SSSR count). The number of hydrogen-bond acceptors (Lipinski definition) is 3. The van der Waals surface area contributed by atoms with Crippen molar-refractivity contribution in [2.75, 3.05) is 18.5 Å². The lowest BCUT2D eigenvalue weighted by Gasteiger charge is -2.24. The second kappa shape index (κ2) is 9.93. The molecule has 0 spiro atoms. The fraction of sp³-hybridized carbons (Fsp3) is 0.391. The van der Waals surface area contributed by atoms with Crippen LogP contribution in [-0.4, -0.2) is 35.9 Å². The first-order valence-corrected chi connectivity index (χ1v) is 10.0. The zero-order chi connectivity index (χ0) is 19.8. The standard InChI is InChI=1S/C23H28N2O3/c1-2-28-21-13-7-6-12-20(21)24-22(26)17-23(27)25-16-8-11-19(25)15-14-18-9-4-3-5-10-18/h3-7,9-10,12-13,19H,2,8,11,14-17H2,1H3,(H,24,26)/t19-/m1/s1. The molecule has 1 aliphatic heterocycles. The second-order valence-corrected chi connectivity index (χ2v) is 7.06. The molecular weight excluding hydrogens is 352 g/mol. The third kappa shape index (κ3) is 5.35. The summed E-state index contributed by atoms with van der Waals surface area (Å²) in [6.07, 6.45) is 3.75. The Kier molecular flexibility index (Phi) is 7.06. The van der Waals surface area contributed by atoms with Crippen molar-refractivity contribution < 1.29 is 14.3 Å². The maximum atomic E-state index is 12.7. The number of carbonyl (C=O) groups is 2. The highest BCUT2D eigenvalue weighted by atomic mass is 16.5. The maximum Gasteiger partial charge on any atom is 0.233 e. The molecule has 0 unspecified atom stereocenters. The Morgan fingerprint density at radius 3 is 2.64 bits per heavy atom. The maximum absolute atomic E-state index is 12.7. The molecule has 0 aromatic heterocycles. The number of benzene rings is 2. The summed E-state index contributed by atoms with van der Waals surface area (Å²) in [5.74, 6) is 0.223. The Bertz CT molecular complexity index is 791. The summed E-state index contributed by atoms with van der Waals surface area (Å²) in [7, 11) is 0. The third-order valence-corrected chi connectivity index (χ3v) is 5.08. The quantitative estimate of drug-likeness (QED) is 0.703. The minimum absolute atomic E-state index is 0.0954. The summed E-state index contributed by atoms with van der Waals surface area (Å²) in [5.41, 5.74) is 1.89. The molecule has 1 saturated heterocycles. The van der Waals surface area contributed by atoms with E-state index in [1.54, 1.807) is 12.1 Å². The van der Waals surface area contributed by atoms with Crippen LogP contribution in [0.15, 0.2) is 54.6 Å². The number of hydrogen-bond donors (Lipinski definition) is 1. The Morgan fingerprint density at radius 2 is 1.86 bits per heavy atom. The summed E-state index contributed by atoms with van der Waals surface area (Å²) in [6.45, 7) is 3.15. The van der Waals surface area contributed by atoms with Crippen LogP contribution in [0.1, 0.15) is 38.2 Å². The summed E-state index contributed by atoms with van der Waals surface area (Å²) in [6, 6.07) is 17.8. The molecule has 0 bridgehead atoms. The van der Waals surface area contributed by atoms with Gasteiger partial charge in [-0.2, -0.15) is 0 Å². The van der Waals surface area contributed by atoms with Crippen LogP contribution in [0.25, 0.3) is 0 Å². The molecule has 1 N–H and O–H groups in total. The SMILES string of the molecule is CCOc1ccccc1NC(=O)CC(=O)N1CCC[C@@H]1CCc1ccccc1. The lowest BCUT2D eigenvalue weighted by molar-refractivity contribution is -0.135. The molecule has 1 aliphatic rings. The average Bonchev–Trinajstić information content (AvgIpc) is 3.18. The molecule has 2 aromatic rings. The number of rotatable bonds is 8. The number of anilines is 1. The van der Waals surface area contributed by atoms with Gasteiger partial charge in [0.1, 0.15) is 12.2 Å². The molecule has 1 fully saturated rings. The summed E-state index contributed by atoms with van der Waals surface area (Å²) in [5, 5.41) is 2.81. The number of carbonyl (C=O) groups excluding carboxylic acids is 2. The molecule has 1 atom stereocenters. The number of nitrogens with zero attached hydrogens (tertiary/aromatic N) is 1. The number of nitrogens with one attached hydrogen (secondary N) is 1. The van der Waals surface area contributed by atoms with Crippen LogP contribution in [0.5, 0.6) is 5.75 Å². The van der Waals surface area contributed by atoms with Gasteiger partial charge in [-0.1, -0.05) is 42.5 Å². The number of amides is 2. The minimum atomic E-state index is -0.300. The van der Waals surface area contributed by atoms with E-state index in [1.165, 1.54) is 5.56 Å².